The molecule has 1 unspecified atom stereocenters. The molecule has 23 heavy (non-hydrogen) atoms. The van der Waals surface area contributed by atoms with E-state index in [1.165, 1.54) is 4.90 Å². The van der Waals surface area contributed by atoms with Crippen LogP contribution in [0.4, 0.5) is 20.2 Å². The second-order valence-electron chi connectivity index (χ2n) is 5.38. The summed E-state index contributed by atoms with van der Waals surface area (Å²) >= 11 is 0. The van der Waals surface area contributed by atoms with Gasteiger partial charge in [-0.1, -0.05) is 18.2 Å². The summed E-state index contributed by atoms with van der Waals surface area (Å²) in [6.45, 7) is 0. The minimum atomic E-state index is -0.856. The molecule has 0 bridgehead atoms. The predicted molar refractivity (Wildman–Crippen MR) is 82.2 cm³/mol. The third kappa shape index (κ3) is 2.79. The van der Waals surface area contributed by atoms with Crippen molar-refractivity contribution in [3.8, 4) is 0 Å². The summed E-state index contributed by atoms with van der Waals surface area (Å²) in [4.78, 5) is 26.0. The Balaban J connectivity index is 1.90. The molecule has 0 fully saturated rings. The second kappa shape index (κ2) is 5.79. The number of amides is 2. The second-order valence-corrected chi connectivity index (χ2v) is 5.38. The SMILES string of the molecule is CN1C(=O)CC(C(=O)Nc2ccc(F)cc2F)c2ccccc21. The number of rotatable bonds is 2. The largest absolute Gasteiger partial charge is 0.323 e. The first-order chi connectivity index (χ1) is 11.0. The zero-order valence-corrected chi connectivity index (χ0v) is 12.3. The van der Waals surface area contributed by atoms with Gasteiger partial charge in [-0.2, -0.15) is 0 Å². The van der Waals surface area contributed by atoms with E-state index in [1.54, 1.807) is 31.3 Å². The van der Waals surface area contributed by atoms with Gasteiger partial charge in [0.2, 0.25) is 11.8 Å². The van der Waals surface area contributed by atoms with Crippen molar-refractivity contribution in [2.24, 2.45) is 0 Å². The van der Waals surface area contributed by atoms with E-state index in [2.05, 4.69) is 5.32 Å². The summed E-state index contributed by atoms with van der Waals surface area (Å²) < 4.78 is 26.6. The van der Waals surface area contributed by atoms with Gasteiger partial charge in [-0.05, 0) is 23.8 Å². The number of anilines is 2. The highest BCUT2D eigenvalue weighted by Crippen LogP contribution is 2.35. The van der Waals surface area contributed by atoms with Gasteiger partial charge in [0.05, 0.1) is 11.6 Å². The Morgan fingerprint density at radius 1 is 1.22 bits per heavy atom. The summed E-state index contributed by atoms with van der Waals surface area (Å²) in [5.74, 6) is -2.97. The fourth-order valence-electron chi connectivity index (χ4n) is 2.69. The van der Waals surface area contributed by atoms with E-state index in [0.717, 1.165) is 12.1 Å². The molecule has 0 aliphatic carbocycles. The van der Waals surface area contributed by atoms with Crippen molar-refractivity contribution in [1.82, 2.24) is 0 Å². The van der Waals surface area contributed by atoms with Gasteiger partial charge in [0.1, 0.15) is 11.6 Å². The molecule has 3 rings (SSSR count). The standard InChI is InChI=1S/C17H14F2N2O2/c1-21-15-5-3-2-4-11(15)12(9-16(21)22)17(23)20-14-7-6-10(18)8-13(14)19/h2-8,12H,9H2,1H3,(H,20,23). The highest BCUT2D eigenvalue weighted by Gasteiger charge is 2.33. The Hall–Kier alpha value is -2.76. The molecule has 0 aromatic heterocycles. The molecule has 2 aromatic carbocycles. The maximum atomic E-state index is 13.7. The molecular weight excluding hydrogens is 302 g/mol. The van der Waals surface area contributed by atoms with Crippen molar-refractivity contribution >= 4 is 23.2 Å². The van der Waals surface area contributed by atoms with E-state index < -0.39 is 23.5 Å². The third-order valence-electron chi connectivity index (χ3n) is 3.93. The molecule has 1 heterocycles. The Labute approximate surface area is 131 Å². The maximum Gasteiger partial charge on any atom is 0.232 e. The number of nitrogens with zero attached hydrogens (tertiary/aromatic N) is 1. The summed E-state index contributed by atoms with van der Waals surface area (Å²) in [6.07, 6.45) is 0.00214. The quantitative estimate of drug-likeness (QED) is 0.926. The van der Waals surface area contributed by atoms with Crippen molar-refractivity contribution in [2.75, 3.05) is 17.3 Å². The first-order valence-corrected chi connectivity index (χ1v) is 7.09. The van der Waals surface area contributed by atoms with Crippen molar-refractivity contribution in [3.63, 3.8) is 0 Å². The lowest BCUT2D eigenvalue weighted by Gasteiger charge is -2.30. The van der Waals surface area contributed by atoms with E-state index in [9.17, 15) is 18.4 Å². The van der Waals surface area contributed by atoms with Gasteiger partial charge in [0.25, 0.3) is 0 Å². The van der Waals surface area contributed by atoms with Crippen LogP contribution in [0.3, 0.4) is 0 Å². The maximum absolute atomic E-state index is 13.7. The zero-order chi connectivity index (χ0) is 16.6. The lowest BCUT2D eigenvalue weighted by Crippen LogP contribution is -2.37. The number of hydrogen-bond acceptors (Lipinski definition) is 2. The van der Waals surface area contributed by atoms with Crippen molar-refractivity contribution in [3.05, 3.63) is 59.7 Å². The van der Waals surface area contributed by atoms with Crippen molar-refractivity contribution < 1.29 is 18.4 Å². The first kappa shape index (κ1) is 15.1. The number of fused-ring (bicyclic) bond motifs is 1. The van der Waals surface area contributed by atoms with Crippen LogP contribution in [0, 0.1) is 11.6 Å². The van der Waals surface area contributed by atoms with Gasteiger partial charge in [-0.3, -0.25) is 9.59 Å². The van der Waals surface area contributed by atoms with Crippen LogP contribution in [0.1, 0.15) is 17.9 Å². The number of halogens is 2. The molecule has 1 N–H and O–H groups in total. The molecule has 0 saturated carbocycles. The Morgan fingerprint density at radius 3 is 2.70 bits per heavy atom. The van der Waals surface area contributed by atoms with E-state index >= 15 is 0 Å². The fourth-order valence-corrected chi connectivity index (χ4v) is 2.69. The first-order valence-electron chi connectivity index (χ1n) is 7.09. The topological polar surface area (TPSA) is 49.4 Å². The average molecular weight is 316 g/mol. The number of nitrogens with one attached hydrogen (secondary N) is 1. The Bertz CT molecular complexity index is 792. The molecule has 2 amide bonds. The fraction of sp³-hybridized carbons (Fsp3) is 0.176. The van der Waals surface area contributed by atoms with Crippen LogP contribution < -0.4 is 10.2 Å². The van der Waals surface area contributed by atoms with Gasteiger partial charge < -0.3 is 10.2 Å². The van der Waals surface area contributed by atoms with Gasteiger partial charge >= 0.3 is 0 Å². The predicted octanol–water partition coefficient (Wildman–Crippen LogP) is 3.05. The van der Waals surface area contributed by atoms with Crippen LogP contribution in [-0.2, 0) is 9.59 Å². The van der Waals surface area contributed by atoms with E-state index in [4.69, 9.17) is 0 Å². The summed E-state index contributed by atoms with van der Waals surface area (Å²) in [6, 6.07) is 10.00. The highest BCUT2D eigenvalue weighted by atomic mass is 19.1. The molecular formula is C17H14F2N2O2. The lowest BCUT2D eigenvalue weighted by atomic mass is 9.89. The minimum Gasteiger partial charge on any atom is -0.323 e. The molecule has 118 valence electrons. The van der Waals surface area contributed by atoms with Crippen molar-refractivity contribution in [1.29, 1.82) is 0 Å². The molecule has 4 nitrogen and oxygen atoms in total. The van der Waals surface area contributed by atoms with Crippen LogP contribution in [0.25, 0.3) is 0 Å². The molecule has 6 heteroatoms. The number of carbonyl (C=O) groups excluding carboxylic acids is 2. The Morgan fingerprint density at radius 2 is 1.96 bits per heavy atom. The van der Waals surface area contributed by atoms with E-state index in [1.807, 2.05) is 0 Å². The van der Waals surface area contributed by atoms with Crippen molar-refractivity contribution in [2.45, 2.75) is 12.3 Å². The Kier molecular flexibility index (Phi) is 3.82. The molecule has 0 spiro atoms. The average Bonchev–Trinajstić information content (AvgIpc) is 2.53. The van der Waals surface area contributed by atoms with Gasteiger partial charge in [0, 0.05) is 25.2 Å². The lowest BCUT2D eigenvalue weighted by molar-refractivity contribution is -0.124. The van der Waals surface area contributed by atoms with Crippen LogP contribution in [0.5, 0.6) is 0 Å². The molecule has 1 atom stereocenters. The number of hydrogen-bond donors (Lipinski definition) is 1. The molecule has 2 aromatic rings. The zero-order valence-electron chi connectivity index (χ0n) is 12.3. The summed E-state index contributed by atoms with van der Waals surface area (Å²) in [5.41, 5.74) is 1.25. The molecule has 1 aliphatic rings. The van der Waals surface area contributed by atoms with Crippen LogP contribution >= 0.6 is 0 Å². The summed E-state index contributed by atoms with van der Waals surface area (Å²) in [5, 5.41) is 2.43. The molecule has 0 saturated heterocycles. The minimum absolute atomic E-state index is 0.00214. The van der Waals surface area contributed by atoms with E-state index in [-0.39, 0.29) is 18.0 Å². The van der Waals surface area contributed by atoms with Gasteiger partial charge in [-0.15, -0.1) is 0 Å². The van der Waals surface area contributed by atoms with Crippen LogP contribution in [-0.4, -0.2) is 18.9 Å². The smallest absolute Gasteiger partial charge is 0.232 e. The van der Waals surface area contributed by atoms with Gasteiger partial charge in [-0.25, -0.2) is 8.78 Å². The summed E-state index contributed by atoms with van der Waals surface area (Å²) in [7, 11) is 1.65. The molecule has 1 aliphatic heterocycles. The monoisotopic (exact) mass is 316 g/mol. The number of para-hydroxylation sites is 1. The number of carbonyl (C=O) groups is 2. The van der Waals surface area contributed by atoms with E-state index in [0.29, 0.717) is 17.3 Å². The normalized spacial score (nSPS) is 16.9. The van der Waals surface area contributed by atoms with Crippen LogP contribution in [0.15, 0.2) is 42.5 Å². The van der Waals surface area contributed by atoms with Crippen LogP contribution in [0.2, 0.25) is 0 Å². The number of benzene rings is 2. The third-order valence-corrected chi connectivity index (χ3v) is 3.93. The molecule has 0 radical (unpaired) electrons. The highest BCUT2D eigenvalue weighted by molar-refractivity contribution is 6.05. The van der Waals surface area contributed by atoms with Gasteiger partial charge in [0.15, 0.2) is 0 Å².